The quantitative estimate of drug-likeness (QED) is 0.685. The summed E-state index contributed by atoms with van der Waals surface area (Å²) in [6.45, 7) is 6.67. The van der Waals surface area contributed by atoms with E-state index in [2.05, 4.69) is 13.8 Å². The van der Waals surface area contributed by atoms with Gasteiger partial charge < -0.3 is 9.47 Å². The molecule has 3 heteroatoms. The van der Waals surface area contributed by atoms with Crippen molar-refractivity contribution in [3.63, 3.8) is 0 Å². The fourth-order valence-corrected chi connectivity index (χ4v) is 5.05. The highest BCUT2D eigenvalue weighted by Crippen LogP contribution is 2.53. The average Bonchev–Trinajstić information content (AvgIpc) is 2.69. The van der Waals surface area contributed by atoms with Crippen molar-refractivity contribution in [2.75, 3.05) is 7.11 Å². The van der Waals surface area contributed by atoms with Gasteiger partial charge in [0.2, 0.25) is 0 Å². The molecule has 0 radical (unpaired) electrons. The van der Waals surface area contributed by atoms with Crippen LogP contribution in [0, 0.1) is 35.5 Å². The molecule has 3 aliphatic rings. The van der Waals surface area contributed by atoms with Crippen molar-refractivity contribution in [2.45, 2.75) is 52.2 Å². The Hall–Kier alpha value is -0.570. The molecule has 108 valence electrons. The van der Waals surface area contributed by atoms with Crippen LogP contribution in [0.25, 0.3) is 0 Å². The fourth-order valence-electron chi connectivity index (χ4n) is 5.05. The molecule has 0 aromatic carbocycles. The summed E-state index contributed by atoms with van der Waals surface area (Å²) in [6.07, 6.45) is 4.04. The van der Waals surface area contributed by atoms with Crippen molar-refractivity contribution in [1.29, 1.82) is 0 Å². The predicted octanol–water partition coefficient (Wildman–Crippen LogP) is 2.88. The zero-order valence-corrected chi connectivity index (χ0v) is 12.5. The molecule has 3 rings (SSSR count). The molecule has 8 atom stereocenters. The Bertz CT molecular complexity index is 367. The lowest BCUT2D eigenvalue weighted by Gasteiger charge is -2.50. The molecule has 0 spiro atoms. The van der Waals surface area contributed by atoms with E-state index >= 15 is 0 Å². The highest BCUT2D eigenvalue weighted by molar-refractivity contribution is 5.75. The number of ether oxygens (including phenoxy) is 2. The molecule has 3 nitrogen and oxygen atoms in total. The number of hydrogen-bond donors (Lipinski definition) is 0. The lowest BCUT2D eigenvalue weighted by atomic mass is 9.57. The van der Waals surface area contributed by atoms with E-state index in [1.54, 1.807) is 0 Å². The van der Waals surface area contributed by atoms with E-state index in [-0.39, 0.29) is 18.0 Å². The summed E-state index contributed by atoms with van der Waals surface area (Å²) in [5.74, 6) is 2.95. The van der Waals surface area contributed by atoms with Crippen molar-refractivity contribution in [2.24, 2.45) is 35.5 Å². The van der Waals surface area contributed by atoms with Crippen molar-refractivity contribution in [3.05, 3.63) is 0 Å². The number of methoxy groups -OCH3 is 1. The lowest BCUT2D eigenvalue weighted by Crippen LogP contribution is -2.51. The fraction of sp³-hybridized carbons (Fsp3) is 0.938. The molecule has 19 heavy (non-hydrogen) atoms. The van der Waals surface area contributed by atoms with Crippen LogP contribution in [0.2, 0.25) is 0 Å². The molecule has 3 fully saturated rings. The van der Waals surface area contributed by atoms with Gasteiger partial charge in [0.25, 0.3) is 0 Å². The van der Waals surface area contributed by atoms with Crippen LogP contribution in [0.1, 0.15) is 40.0 Å². The first kappa shape index (κ1) is 13.4. The minimum Gasteiger partial charge on any atom is -0.462 e. The zero-order valence-electron chi connectivity index (χ0n) is 12.5. The minimum atomic E-state index is 0.0232. The van der Waals surface area contributed by atoms with E-state index < -0.39 is 0 Å². The highest BCUT2D eigenvalue weighted by atomic mass is 16.6. The van der Waals surface area contributed by atoms with Gasteiger partial charge in [0.05, 0.1) is 12.0 Å². The maximum absolute atomic E-state index is 11.9. The largest absolute Gasteiger partial charge is 0.462 e. The smallest absolute Gasteiger partial charge is 0.309 e. The van der Waals surface area contributed by atoms with Crippen LogP contribution in [0.15, 0.2) is 0 Å². The summed E-state index contributed by atoms with van der Waals surface area (Å²) in [7, 11) is 1.82. The molecule has 0 aromatic heterocycles. The average molecular weight is 266 g/mol. The number of fused-ring (bicyclic) bond motifs is 3. The molecule has 1 aliphatic heterocycles. The van der Waals surface area contributed by atoms with Crippen LogP contribution < -0.4 is 0 Å². The monoisotopic (exact) mass is 266 g/mol. The van der Waals surface area contributed by atoms with E-state index in [0.29, 0.717) is 35.7 Å². The molecule has 1 saturated heterocycles. The maximum Gasteiger partial charge on any atom is 0.309 e. The molecule has 2 saturated carbocycles. The molecule has 0 amide bonds. The maximum atomic E-state index is 11.9. The number of rotatable bonds is 1. The minimum absolute atomic E-state index is 0.0232. The summed E-state index contributed by atoms with van der Waals surface area (Å²) in [4.78, 5) is 11.9. The second-order valence-corrected chi connectivity index (χ2v) is 7.02. The Morgan fingerprint density at radius 3 is 2.53 bits per heavy atom. The number of carbonyl (C=O) groups excluding carboxylic acids is 1. The van der Waals surface area contributed by atoms with Gasteiger partial charge in [-0.25, -0.2) is 0 Å². The number of carbonyl (C=O) groups is 1. The molecule has 0 bridgehead atoms. The van der Waals surface area contributed by atoms with Crippen LogP contribution in [-0.4, -0.2) is 25.3 Å². The van der Waals surface area contributed by atoms with Crippen LogP contribution in [-0.2, 0) is 14.3 Å². The van der Waals surface area contributed by atoms with E-state index in [4.69, 9.17) is 9.47 Å². The SMILES string of the molecule is COC1CC(C)C2CC[C@H]3[C@H](C)C(=O)O[C@H]3C2C1C. The molecule has 1 heterocycles. The molecule has 0 aromatic rings. The zero-order chi connectivity index (χ0) is 13.7. The van der Waals surface area contributed by atoms with Gasteiger partial charge in [-0.15, -0.1) is 0 Å². The first-order valence-corrected chi connectivity index (χ1v) is 7.77. The van der Waals surface area contributed by atoms with Gasteiger partial charge >= 0.3 is 5.97 Å². The van der Waals surface area contributed by atoms with Gasteiger partial charge in [0, 0.05) is 18.9 Å². The predicted molar refractivity (Wildman–Crippen MR) is 72.5 cm³/mol. The van der Waals surface area contributed by atoms with Crippen LogP contribution in [0.4, 0.5) is 0 Å². The Labute approximate surface area is 116 Å². The van der Waals surface area contributed by atoms with E-state index in [9.17, 15) is 4.79 Å². The Kier molecular flexibility index (Phi) is 3.36. The van der Waals surface area contributed by atoms with E-state index in [1.165, 1.54) is 6.42 Å². The second-order valence-electron chi connectivity index (χ2n) is 7.02. The van der Waals surface area contributed by atoms with Gasteiger partial charge in [-0.1, -0.05) is 20.8 Å². The summed E-state index contributed by atoms with van der Waals surface area (Å²) < 4.78 is 11.4. The summed E-state index contributed by atoms with van der Waals surface area (Å²) >= 11 is 0. The summed E-state index contributed by atoms with van der Waals surface area (Å²) in [5.41, 5.74) is 0. The Balaban J connectivity index is 1.88. The van der Waals surface area contributed by atoms with Gasteiger partial charge in [0.1, 0.15) is 6.10 Å². The Morgan fingerprint density at radius 2 is 1.84 bits per heavy atom. The number of hydrogen-bond acceptors (Lipinski definition) is 3. The molecular formula is C16H26O3. The third-order valence-corrected chi connectivity index (χ3v) is 6.23. The van der Waals surface area contributed by atoms with Crippen molar-refractivity contribution >= 4 is 5.97 Å². The normalized spacial score (nSPS) is 53.4. The topological polar surface area (TPSA) is 35.5 Å². The second kappa shape index (κ2) is 4.76. The first-order valence-electron chi connectivity index (χ1n) is 7.77. The van der Waals surface area contributed by atoms with Crippen LogP contribution in [0.3, 0.4) is 0 Å². The first-order chi connectivity index (χ1) is 9.04. The van der Waals surface area contributed by atoms with Gasteiger partial charge in [-0.3, -0.25) is 4.79 Å². The van der Waals surface area contributed by atoms with Gasteiger partial charge in [0.15, 0.2) is 0 Å². The Morgan fingerprint density at radius 1 is 1.16 bits per heavy atom. The van der Waals surface area contributed by atoms with Gasteiger partial charge in [-0.2, -0.15) is 0 Å². The van der Waals surface area contributed by atoms with E-state index in [1.807, 2.05) is 14.0 Å². The molecule has 2 aliphatic carbocycles. The van der Waals surface area contributed by atoms with Crippen molar-refractivity contribution in [3.8, 4) is 0 Å². The standard InChI is InChI=1S/C16H26O3/c1-8-7-13(18-4)10(3)14-11(8)5-6-12-9(2)16(17)19-15(12)14/h8-15H,5-7H2,1-4H3/t8?,9-,10?,11?,12-,13?,14?,15+/m0/s1. The van der Waals surface area contributed by atoms with Crippen molar-refractivity contribution < 1.29 is 14.3 Å². The van der Waals surface area contributed by atoms with Gasteiger partial charge in [-0.05, 0) is 37.0 Å². The molecule has 0 N–H and O–H groups in total. The third kappa shape index (κ3) is 1.93. The summed E-state index contributed by atoms with van der Waals surface area (Å²) in [5, 5.41) is 0. The molecular weight excluding hydrogens is 240 g/mol. The highest BCUT2D eigenvalue weighted by Gasteiger charge is 2.55. The lowest BCUT2D eigenvalue weighted by molar-refractivity contribution is -0.155. The number of esters is 1. The van der Waals surface area contributed by atoms with Crippen LogP contribution in [0.5, 0.6) is 0 Å². The molecule has 5 unspecified atom stereocenters. The summed E-state index contributed by atoms with van der Waals surface area (Å²) in [6, 6.07) is 0. The van der Waals surface area contributed by atoms with Crippen molar-refractivity contribution in [1.82, 2.24) is 0 Å². The third-order valence-electron chi connectivity index (χ3n) is 6.23. The van der Waals surface area contributed by atoms with E-state index in [0.717, 1.165) is 12.8 Å². The van der Waals surface area contributed by atoms with Crippen LogP contribution >= 0.6 is 0 Å².